The van der Waals surface area contributed by atoms with Crippen LogP contribution >= 0.6 is 22.7 Å². The monoisotopic (exact) mass is 524 g/mol. The van der Waals surface area contributed by atoms with Gasteiger partial charge in [0.1, 0.15) is 6.04 Å². The van der Waals surface area contributed by atoms with Crippen molar-refractivity contribution < 1.29 is 9.59 Å². The minimum atomic E-state index is -0.719. The first-order valence-electron chi connectivity index (χ1n) is 12.1. The minimum absolute atomic E-state index is 0.0599. The molecule has 0 radical (unpaired) electrons. The Kier molecular flexibility index (Phi) is 6.87. The highest BCUT2D eigenvalue weighted by atomic mass is 32.1. The summed E-state index contributed by atoms with van der Waals surface area (Å²) in [7, 11) is 1.64. The van der Waals surface area contributed by atoms with Crippen LogP contribution in [0.2, 0.25) is 0 Å². The van der Waals surface area contributed by atoms with Gasteiger partial charge in [0.2, 0.25) is 5.91 Å². The smallest absolute Gasteiger partial charge is 0.261 e. The van der Waals surface area contributed by atoms with Crippen LogP contribution in [0.5, 0.6) is 0 Å². The number of hydrogen-bond acceptors (Lipinski definition) is 9. The molecule has 3 atom stereocenters. The Hall–Kier alpha value is -3.14. The van der Waals surface area contributed by atoms with E-state index in [0.717, 1.165) is 41.7 Å². The molecule has 2 amide bonds. The highest BCUT2D eigenvalue weighted by Gasteiger charge is 2.47. The third-order valence-electron chi connectivity index (χ3n) is 7.14. The van der Waals surface area contributed by atoms with Gasteiger partial charge in [-0.15, -0.1) is 32.9 Å². The number of fused-ring (bicyclic) bond motifs is 2. The van der Waals surface area contributed by atoms with E-state index in [2.05, 4.69) is 48.8 Å². The number of H-pyrrole nitrogens is 1. The maximum Gasteiger partial charge on any atom is 0.261 e. The van der Waals surface area contributed by atoms with Crippen LogP contribution in [-0.4, -0.2) is 69.6 Å². The van der Waals surface area contributed by atoms with E-state index >= 15 is 0 Å². The minimum Gasteiger partial charge on any atom is -0.354 e. The number of aromatic amines is 1. The van der Waals surface area contributed by atoms with E-state index in [1.54, 1.807) is 23.3 Å². The van der Waals surface area contributed by atoms with Gasteiger partial charge in [-0.05, 0) is 67.7 Å². The van der Waals surface area contributed by atoms with E-state index in [9.17, 15) is 14.9 Å². The Morgan fingerprint density at radius 3 is 3.03 bits per heavy atom. The molecule has 1 aliphatic carbocycles. The van der Waals surface area contributed by atoms with Crippen molar-refractivity contribution in [1.29, 1.82) is 5.26 Å². The summed E-state index contributed by atoms with van der Waals surface area (Å²) in [4.78, 5) is 30.1. The molecule has 0 aromatic carbocycles. The fourth-order valence-corrected chi connectivity index (χ4v) is 7.77. The molecule has 2 aliphatic rings. The lowest BCUT2D eigenvalue weighted by Gasteiger charge is -2.33. The van der Waals surface area contributed by atoms with Crippen molar-refractivity contribution >= 4 is 34.5 Å². The van der Waals surface area contributed by atoms with Crippen LogP contribution in [0.1, 0.15) is 62.6 Å². The number of tetrazole rings is 1. The zero-order chi connectivity index (χ0) is 25.3. The summed E-state index contributed by atoms with van der Waals surface area (Å²) in [5.41, 5.74) is 1.52. The predicted molar refractivity (Wildman–Crippen MR) is 136 cm³/mol. The molecular formula is C24H28N8O2S2. The number of rotatable bonds is 7. The number of nitriles is 1. The second-order valence-electron chi connectivity index (χ2n) is 9.30. The number of aromatic nitrogens is 4. The maximum atomic E-state index is 12.9. The second-order valence-corrected chi connectivity index (χ2v) is 11.4. The van der Waals surface area contributed by atoms with E-state index in [1.165, 1.54) is 16.2 Å². The van der Waals surface area contributed by atoms with E-state index in [1.807, 2.05) is 13.0 Å². The van der Waals surface area contributed by atoms with Crippen molar-refractivity contribution in [3.8, 4) is 6.07 Å². The van der Waals surface area contributed by atoms with E-state index < -0.39 is 5.41 Å². The predicted octanol–water partition coefficient (Wildman–Crippen LogP) is 2.00. The van der Waals surface area contributed by atoms with Crippen LogP contribution in [0.4, 0.5) is 0 Å². The molecule has 0 saturated carbocycles. The van der Waals surface area contributed by atoms with Crippen molar-refractivity contribution in [2.24, 2.45) is 0 Å². The number of nitrogens with one attached hydrogen (secondary N) is 3. The van der Waals surface area contributed by atoms with Gasteiger partial charge in [-0.3, -0.25) is 9.59 Å². The Balaban J connectivity index is 1.50. The van der Waals surface area contributed by atoms with Gasteiger partial charge < -0.3 is 15.5 Å². The van der Waals surface area contributed by atoms with Crippen molar-refractivity contribution in [3.05, 3.63) is 49.1 Å². The molecule has 0 bridgehead atoms. The fraction of sp³-hybridized carbons (Fsp3) is 0.500. The largest absolute Gasteiger partial charge is 0.354 e. The number of amides is 2. The van der Waals surface area contributed by atoms with Gasteiger partial charge in [0.15, 0.2) is 5.82 Å². The van der Waals surface area contributed by atoms with Crippen molar-refractivity contribution in [2.75, 3.05) is 20.1 Å². The molecule has 5 rings (SSSR count). The topological polar surface area (TPSA) is 140 Å². The summed E-state index contributed by atoms with van der Waals surface area (Å²) in [6.45, 7) is 2.82. The van der Waals surface area contributed by atoms with Crippen LogP contribution in [0.3, 0.4) is 0 Å². The number of likely N-dealkylation sites (tertiary alicyclic amines) is 1. The second kappa shape index (κ2) is 10.1. The Bertz CT molecular complexity index is 1290. The quantitative estimate of drug-likeness (QED) is 0.429. The summed E-state index contributed by atoms with van der Waals surface area (Å²) in [5.74, 6) is 0.380. The van der Waals surface area contributed by atoms with Gasteiger partial charge in [0.05, 0.1) is 22.9 Å². The lowest BCUT2D eigenvalue weighted by Crippen LogP contribution is -2.45. The van der Waals surface area contributed by atoms with Gasteiger partial charge in [-0.2, -0.15) is 10.5 Å². The normalized spacial score (nSPS) is 21.8. The van der Waals surface area contributed by atoms with Gasteiger partial charge >= 0.3 is 0 Å². The van der Waals surface area contributed by atoms with Gasteiger partial charge in [0.25, 0.3) is 5.91 Å². The van der Waals surface area contributed by atoms with E-state index in [-0.39, 0.29) is 30.4 Å². The van der Waals surface area contributed by atoms with Crippen molar-refractivity contribution in [2.45, 2.75) is 56.5 Å². The highest BCUT2D eigenvalue weighted by Crippen LogP contribution is 2.50. The van der Waals surface area contributed by atoms with Gasteiger partial charge in [-0.1, -0.05) is 5.21 Å². The SMILES string of the molecule is CNC(=O)c1cc2c(s1)C(C[C@H](C)NCC(=O)N1CCCC1C#N)(c1nn[nH]n1)c1ccsc1CC2. The maximum absolute atomic E-state index is 12.9. The number of thiophene rings is 2. The van der Waals surface area contributed by atoms with Crippen LogP contribution in [-0.2, 0) is 23.1 Å². The molecule has 4 heterocycles. The summed E-state index contributed by atoms with van der Waals surface area (Å²) in [6.07, 6.45) is 3.85. The molecule has 188 valence electrons. The molecule has 3 aromatic heterocycles. The zero-order valence-corrected chi connectivity index (χ0v) is 21.8. The summed E-state index contributed by atoms with van der Waals surface area (Å²) >= 11 is 3.20. The third kappa shape index (κ3) is 4.21. The summed E-state index contributed by atoms with van der Waals surface area (Å²) in [5, 5.41) is 33.0. The molecule has 3 N–H and O–H groups in total. The molecule has 3 aromatic rings. The highest BCUT2D eigenvalue weighted by molar-refractivity contribution is 7.14. The Labute approximate surface area is 217 Å². The molecule has 36 heavy (non-hydrogen) atoms. The molecule has 0 spiro atoms. The lowest BCUT2D eigenvalue weighted by atomic mass is 9.73. The first-order chi connectivity index (χ1) is 17.5. The zero-order valence-electron chi connectivity index (χ0n) is 20.2. The average Bonchev–Trinajstić information content (AvgIpc) is 3.69. The average molecular weight is 525 g/mol. The molecule has 2 unspecified atom stereocenters. The summed E-state index contributed by atoms with van der Waals surface area (Å²) < 4.78 is 0. The molecular weight excluding hydrogens is 496 g/mol. The van der Waals surface area contributed by atoms with Crippen LogP contribution < -0.4 is 10.6 Å². The first kappa shape index (κ1) is 24.5. The van der Waals surface area contributed by atoms with Gasteiger partial charge in [0, 0.05) is 29.4 Å². The number of nitrogens with zero attached hydrogens (tertiary/aromatic N) is 5. The standard InChI is InChI=1S/C24H28N8O2S2/c1-14(27-13-20(33)32-8-3-4-16(32)12-25)11-24(23-28-30-31-29-23)17-7-9-35-18(17)6-5-15-10-19(22(34)26-2)36-21(15)24/h7,9-10,14,16,27H,3-6,8,11,13H2,1-2H3,(H,26,34)(H,28,29,30,31)/t14-,16?,24?/m0/s1. The number of carbonyl (C=O) groups excluding carboxylic acids is 2. The molecule has 10 nitrogen and oxygen atoms in total. The molecule has 1 fully saturated rings. The fourth-order valence-electron chi connectivity index (χ4n) is 5.45. The van der Waals surface area contributed by atoms with Gasteiger partial charge in [-0.25, -0.2) is 0 Å². The van der Waals surface area contributed by atoms with Crippen LogP contribution in [0.25, 0.3) is 0 Å². The Morgan fingerprint density at radius 2 is 2.28 bits per heavy atom. The number of aryl methyl sites for hydroxylation is 2. The molecule has 1 saturated heterocycles. The Morgan fingerprint density at radius 1 is 1.42 bits per heavy atom. The summed E-state index contributed by atoms with van der Waals surface area (Å²) in [6, 6.07) is 5.91. The van der Waals surface area contributed by atoms with E-state index in [0.29, 0.717) is 23.7 Å². The lowest BCUT2D eigenvalue weighted by molar-refractivity contribution is -0.130. The number of hydrogen-bond donors (Lipinski definition) is 3. The van der Waals surface area contributed by atoms with Crippen molar-refractivity contribution in [1.82, 2.24) is 36.2 Å². The van der Waals surface area contributed by atoms with Crippen LogP contribution in [0, 0.1) is 11.3 Å². The first-order valence-corrected chi connectivity index (χ1v) is 13.8. The van der Waals surface area contributed by atoms with Crippen molar-refractivity contribution in [3.63, 3.8) is 0 Å². The molecule has 12 heteroatoms. The van der Waals surface area contributed by atoms with E-state index in [4.69, 9.17) is 0 Å². The third-order valence-corrected chi connectivity index (χ3v) is 9.46. The van der Waals surface area contributed by atoms with Crippen LogP contribution in [0.15, 0.2) is 17.5 Å². The number of carbonyl (C=O) groups is 2. The molecule has 1 aliphatic heterocycles.